The summed E-state index contributed by atoms with van der Waals surface area (Å²) in [5, 5.41) is 17.3. The highest BCUT2D eigenvalue weighted by Gasteiger charge is 2.41. The summed E-state index contributed by atoms with van der Waals surface area (Å²) in [5.74, 6) is 1.53. The molecule has 5 rings (SSSR count). The van der Waals surface area contributed by atoms with E-state index in [-0.39, 0.29) is 24.1 Å². The van der Waals surface area contributed by atoms with E-state index in [1.165, 1.54) is 12.8 Å². The van der Waals surface area contributed by atoms with Gasteiger partial charge in [-0.25, -0.2) is 9.78 Å². The standard InChI is InChI=1S/C37H57N7O7/c1-7-29-34(46)42(5)30-24-39-35(41-32(30)44(29)26-11-8-9-12-26)40-28-14-13-25(23-31(28)48-6)33(45)38-17-10-20-49-21-22-50-27-15-18-43(19-16-27)36(47)51-37(2,3)4/h13-14,23-24,26-27,29,34,46H,7-12,15-22H2,1-6H3,(H,38,45)(H,39,40,41)/t29-,34?/m1/s1. The second-order valence-electron chi connectivity index (χ2n) is 14.5. The van der Waals surface area contributed by atoms with Crippen LogP contribution in [0, 0.1) is 0 Å². The molecule has 2 atom stereocenters. The Kier molecular flexibility index (Phi) is 13.2. The van der Waals surface area contributed by atoms with Crippen LogP contribution in [0.15, 0.2) is 24.4 Å². The van der Waals surface area contributed by atoms with Crippen LogP contribution in [0.5, 0.6) is 5.75 Å². The molecule has 0 bridgehead atoms. The van der Waals surface area contributed by atoms with Crippen molar-refractivity contribution in [1.29, 1.82) is 0 Å². The number of ether oxygens (including phenoxy) is 4. The minimum atomic E-state index is -0.634. The van der Waals surface area contributed by atoms with Gasteiger partial charge < -0.3 is 49.4 Å². The SMILES string of the molecule is CC[C@@H]1C(O)N(C)c2cnc(Nc3ccc(C(=O)NCCCOCCOC4CCN(C(=O)OC(C)(C)C)CC4)cc3OC)nc2N1C1CCCC1. The lowest BCUT2D eigenvalue weighted by atomic mass is 10.0. The monoisotopic (exact) mass is 711 g/mol. The van der Waals surface area contributed by atoms with Gasteiger partial charge in [0.15, 0.2) is 5.82 Å². The number of carbonyl (C=O) groups is 2. The number of piperidine rings is 1. The van der Waals surface area contributed by atoms with Crippen molar-refractivity contribution >= 4 is 35.1 Å². The molecular weight excluding hydrogens is 654 g/mol. The highest BCUT2D eigenvalue weighted by atomic mass is 16.6. The molecule has 51 heavy (non-hydrogen) atoms. The molecule has 3 N–H and O–H groups in total. The number of nitrogens with zero attached hydrogens (tertiary/aromatic N) is 5. The van der Waals surface area contributed by atoms with Crippen LogP contribution in [0.4, 0.5) is 27.9 Å². The Morgan fingerprint density at radius 1 is 1.06 bits per heavy atom. The van der Waals surface area contributed by atoms with Crippen LogP contribution < -0.4 is 25.2 Å². The quantitative estimate of drug-likeness (QED) is 0.224. The van der Waals surface area contributed by atoms with Gasteiger partial charge in [0.2, 0.25) is 5.95 Å². The largest absolute Gasteiger partial charge is 0.495 e. The van der Waals surface area contributed by atoms with Gasteiger partial charge in [-0.3, -0.25) is 4.79 Å². The van der Waals surface area contributed by atoms with E-state index in [0.29, 0.717) is 74.9 Å². The summed E-state index contributed by atoms with van der Waals surface area (Å²) in [5.41, 5.74) is 1.42. The summed E-state index contributed by atoms with van der Waals surface area (Å²) in [6.07, 6.45) is 8.49. The minimum absolute atomic E-state index is 0.0607. The van der Waals surface area contributed by atoms with Gasteiger partial charge in [-0.1, -0.05) is 19.8 Å². The molecule has 1 saturated heterocycles. The van der Waals surface area contributed by atoms with Gasteiger partial charge >= 0.3 is 6.09 Å². The van der Waals surface area contributed by atoms with Gasteiger partial charge in [-0.05, 0) is 77.5 Å². The van der Waals surface area contributed by atoms with Crippen LogP contribution in [0.2, 0.25) is 0 Å². The molecule has 2 amide bonds. The molecule has 2 aromatic rings. The third-order valence-electron chi connectivity index (χ3n) is 9.75. The third kappa shape index (κ3) is 9.92. The molecule has 3 aliphatic rings. The number of aromatic nitrogens is 2. The maximum Gasteiger partial charge on any atom is 0.410 e. The smallest absolute Gasteiger partial charge is 0.410 e. The number of benzene rings is 1. The summed E-state index contributed by atoms with van der Waals surface area (Å²) < 4.78 is 22.7. The maximum absolute atomic E-state index is 12.9. The number of hydrogen-bond donors (Lipinski definition) is 3. The fraction of sp³-hybridized carbons (Fsp3) is 0.676. The van der Waals surface area contributed by atoms with E-state index in [1.807, 2.05) is 32.7 Å². The Morgan fingerprint density at radius 3 is 2.49 bits per heavy atom. The highest BCUT2D eigenvalue weighted by molar-refractivity contribution is 5.95. The lowest BCUT2D eigenvalue weighted by molar-refractivity contribution is -0.0294. The average molecular weight is 712 g/mol. The van der Waals surface area contributed by atoms with E-state index < -0.39 is 11.8 Å². The lowest BCUT2D eigenvalue weighted by Gasteiger charge is -2.48. The van der Waals surface area contributed by atoms with Crippen LogP contribution in [0.25, 0.3) is 0 Å². The van der Waals surface area contributed by atoms with Crippen molar-refractivity contribution in [3.05, 3.63) is 30.0 Å². The van der Waals surface area contributed by atoms with E-state index in [9.17, 15) is 14.7 Å². The molecule has 1 saturated carbocycles. The molecule has 1 aliphatic carbocycles. The molecule has 282 valence electrons. The van der Waals surface area contributed by atoms with Gasteiger partial charge in [0, 0.05) is 44.9 Å². The summed E-state index contributed by atoms with van der Waals surface area (Å²) in [6, 6.07) is 5.51. The van der Waals surface area contributed by atoms with Crippen molar-refractivity contribution < 1.29 is 33.6 Å². The van der Waals surface area contributed by atoms with Crippen LogP contribution >= 0.6 is 0 Å². The number of methoxy groups -OCH3 is 1. The molecule has 0 radical (unpaired) electrons. The zero-order chi connectivity index (χ0) is 36.5. The fourth-order valence-corrected chi connectivity index (χ4v) is 7.04. The van der Waals surface area contributed by atoms with E-state index in [0.717, 1.165) is 43.6 Å². The first kappa shape index (κ1) is 38.4. The number of rotatable bonds is 14. The van der Waals surface area contributed by atoms with Crippen molar-refractivity contribution in [3.63, 3.8) is 0 Å². The molecule has 3 heterocycles. The number of nitrogens with one attached hydrogen (secondary N) is 2. The van der Waals surface area contributed by atoms with Gasteiger partial charge in [0.05, 0.1) is 44.4 Å². The lowest BCUT2D eigenvalue weighted by Crippen LogP contribution is -2.58. The number of anilines is 4. The molecule has 14 heteroatoms. The summed E-state index contributed by atoms with van der Waals surface area (Å²) in [4.78, 5) is 40.6. The van der Waals surface area contributed by atoms with E-state index in [1.54, 1.807) is 36.4 Å². The topological polar surface area (TPSA) is 151 Å². The average Bonchev–Trinajstić information content (AvgIpc) is 3.65. The molecule has 1 aromatic carbocycles. The number of likely N-dealkylation sites (N-methyl/N-ethyl adjacent to an activating group) is 1. The number of hydrogen-bond acceptors (Lipinski definition) is 12. The van der Waals surface area contributed by atoms with Crippen molar-refractivity contribution in [3.8, 4) is 5.75 Å². The zero-order valence-corrected chi connectivity index (χ0v) is 31.2. The summed E-state index contributed by atoms with van der Waals surface area (Å²) in [6.45, 7) is 10.9. The van der Waals surface area contributed by atoms with Crippen molar-refractivity contribution in [1.82, 2.24) is 20.2 Å². The van der Waals surface area contributed by atoms with Gasteiger partial charge in [0.1, 0.15) is 23.3 Å². The number of amides is 2. The van der Waals surface area contributed by atoms with Crippen LogP contribution in [0.1, 0.15) is 89.4 Å². The molecule has 2 fully saturated rings. The minimum Gasteiger partial charge on any atom is -0.495 e. The first-order valence-corrected chi connectivity index (χ1v) is 18.5. The molecular formula is C37H57N7O7. The molecule has 0 spiro atoms. The summed E-state index contributed by atoms with van der Waals surface area (Å²) in [7, 11) is 3.45. The third-order valence-corrected chi connectivity index (χ3v) is 9.75. The van der Waals surface area contributed by atoms with E-state index in [4.69, 9.17) is 23.9 Å². The molecule has 2 aliphatic heterocycles. The molecule has 1 aromatic heterocycles. The maximum atomic E-state index is 12.9. The number of carbonyl (C=O) groups excluding carboxylic acids is 2. The highest BCUT2D eigenvalue weighted by Crippen LogP contribution is 2.41. The first-order valence-electron chi connectivity index (χ1n) is 18.5. The fourth-order valence-electron chi connectivity index (χ4n) is 7.04. The Bertz CT molecular complexity index is 1460. The Hall–Kier alpha value is -3.88. The van der Waals surface area contributed by atoms with Gasteiger partial charge in [-0.15, -0.1) is 0 Å². The first-order chi connectivity index (χ1) is 24.5. The van der Waals surface area contributed by atoms with Crippen molar-refractivity contribution in [2.75, 3.05) is 68.7 Å². The van der Waals surface area contributed by atoms with Crippen molar-refractivity contribution in [2.45, 2.75) is 109 Å². The van der Waals surface area contributed by atoms with E-state index in [2.05, 4.69) is 27.4 Å². The Balaban J connectivity index is 1.05. The number of aliphatic hydroxyl groups is 1. The van der Waals surface area contributed by atoms with Crippen molar-refractivity contribution in [2.24, 2.45) is 0 Å². The molecule has 1 unspecified atom stereocenters. The second-order valence-corrected chi connectivity index (χ2v) is 14.5. The normalized spacial score (nSPS) is 19.9. The van der Waals surface area contributed by atoms with E-state index >= 15 is 0 Å². The number of aliphatic hydroxyl groups excluding tert-OH is 1. The second kappa shape index (κ2) is 17.6. The Morgan fingerprint density at radius 2 is 1.80 bits per heavy atom. The summed E-state index contributed by atoms with van der Waals surface area (Å²) >= 11 is 0. The van der Waals surface area contributed by atoms with Gasteiger partial charge in [-0.2, -0.15) is 4.98 Å². The molecule has 14 nitrogen and oxygen atoms in total. The predicted molar refractivity (Wildman–Crippen MR) is 196 cm³/mol. The van der Waals surface area contributed by atoms with Gasteiger partial charge in [0.25, 0.3) is 5.91 Å². The zero-order valence-electron chi connectivity index (χ0n) is 31.2. The van der Waals surface area contributed by atoms with Crippen LogP contribution in [-0.2, 0) is 14.2 Å². The van der Waals surface area contributed by atoms with Crippen LogP contribution in [-0.4, -0.2) is 116 Å². The Labute approximate surface area is 302 Å². The van der Waals surface area contributed by atoms with Crippen LogP contribution in [0.3, 0.4) is 0 Å². The number of likely N-dealkylation sites (tertiary alicyclic amines) is 1. The number of fused-ring (bicyclic) bond motifs is 1. The predicted octanol–water partition coefficient (Wildman–Crippen LogP) is 5.08.